The molecule has 0 saturated carbocycles. The average Bonchev–Trinajstić information content (AvgIpc) is 2.82. The van der Waals surface area contributed by atoms with Gasteiger partial charge in [0.2, 0.25) is 5.95 Å². The molecule has 3 nitrogen and oxygen atoms in total. The summed E-state index contributed by atoms with van der Waals surface area (Å²) in [4.78, 5) is 10.0. The van der Waals surface area contributed by atoms with Crippen LogP contribution in [0, 0.1) is 6.92 Å². The summed E-state index contributed by atoms with van der Waals surface area (Å²) in [7, 11) is 2.03. The van der Waals surface area contributed by atoms with E-state index in [0.29, 0.717) is 0 Å². The molecule has 0 unspecified atom stereocenters. The quantitative estimate of drug-likeness (QED) is 0.738. The summed E-state index contributed by atoms with van der Waals surface area (Å²) in [6.45, 7) is 2.11. The number of aryl methyl sites for hydroxylation is 1. The normalized spacial score (nSPS) is 10.8. The molecule has 0 aliphatic rings. The van der Waals surface area contributed by atoms with Crippen LogP contribution in [0.1, 0.15) is 5.56 Å². The number of imidazole rings is 1. The van der Waals surface area contributed by atoms with Crippen molar-refractivity contribution in [3.8, 4) is 0 Å². The number of para-hydroxylation sites is 3. The third-order valence-corrected chi connectivity index (χ3v) is 3.17. The van der Waals surface area contributed by atoms with Crippen LogP contribution in [0.15, 0.2) is 48.5 Å². The molecule has 0 aliphatic carbocycles. The van der Waals surface area contributed by atoms with Gasteiger partial charge in [-0.3, -0.25) is 0 Å². The van der Waals surface area contributed by atoms with Gasteiger partial charge in [0.15, 0.2) is 0 Å². The maximum atomic E-state index is 4.60. The molecule has 90 valence electrons. The van der Waals surface area contributed by atoms with E-state index in [4.69, 9.17) is 0 Å². The largest absolute Gasteiger partial charge is 0.324 e. The van der Waals surface area contributed by atoms with Gasteiger partial charge in [0, 0.05) is 12.7 Å². The zero-order valence-electron chi connectivity index (χ0n) is 10.5. The Morgan fingerprint density at radius 1 is 1.00 bits per heavy atom. The summed E-state index contributed by atoms with van der Waals surface area (Å²) in [5.74, 6) is 0.866. The Labute approximate surface area is 106 Å². The van der Waals surface area contributed by atoms with Crippen LogP contribution in [0.5, 0.6) is 0 Å². The van der Waals surface area contributed by atoms with Gasteiger partial charge >= 0.3 is 0 Å². The van der Waals surface area contributed by atoms with Crippen molar-refractivity contribution in [2.24, 2.45) is 0 Å². The second-order valence-electron chi connectivity index (χ2n) is 4.42. The van der Waals surface area contributed by atoms with Gasteiger partial charge in [-0.15, -0.1) is 0 Å². The number of H-pyrrole nitrogens is 1. The van der Waals surface area contributed by atoms with Crippen molar-refractivity contribution in [1.82, 2.24) is 9.97 Å². The third-order valence-electron chi connectivity index (χ3n) is 3.17. The maximum absolute atomic E-state index is 4.60. The van der Waals surface area contributed by atoms with E-state index in [-0.39, 0.29) is 0 Å². The highest BCUT2D eigenvalue weighted by molar-refractivity contribution is 5.78. The van der Waals surface area contributed by atoms with E-state index in [1.807, 2.05) is 43.4 Å². The van der Waals surface area contributed by atoms with E-state index < -0.39 is 0 Å². The van der Waals surface area contributed by atoms with E-state index in [1.165, 1.54) is 5.56 Å². The molecule has 0 saturated heterocycles. The molecule has 0 radical (unpaired) electrons. The maximum Gasteiger partial charge on any atom is 0.208 e. The van der Waals surface area contributed by atoms with Crippen LogP contribution in [-0.2, 0) is 0 Å². The van der Waals surface area contributed by atoms with E-state index in [0.717, 1.165) is 22.7 Å². The standard InChI is InChI=1S/C15H15N3/c1-11-7-3-6-10-14(11)18(2)15-16-12-8-4-5-9-13(12)17-15/h3-10H,1-2H3,(H,16,17). The lowest BCUT2D eigenvalue weighted by atomic mass is 10.2. The minimum absolute atomic E-state index is 0.866. The van der Waals surface area contributed by atoms with Gasteiger partial charge in [0.05, 0.1) is 11.0 Å². The van der Waals surface area contributed by atoms with Gasteiger partial charge in [0.25, 0.3) is 0 Å². The van der Waals surface area contributed by atoms with E-state index >= 15 is 0 Å². The minimum Gasteiger partial charge on any atom is -0.324 e. The number of aromatic nitrogens is 2. The van der Waals surface area contributed by atoms with Gasteiger partial charge < -0.3 is 9.88 Å². The van der Waals surface area contributed by atoms with E-state index in [2.05, 4.69) is 33.9 Å². The van der Waals surface area contributed by atoms with Crippen LogP contribution < -0.4 is 4.90 Å². The second kappa shape index (κ2) is 4.18. The van der Waals surface area contributed by atoms with Crippen molar-refractivity contribution < 1.29 is 0 Å². The smallest absolute Gasteiger partial charge is 0.208 e. The third kappa shape index (κ3) is 1.74. The molecule has 0 atom stereocenters. The lowest BCUT2D eigenvalue weighted by Crippen LogP contribution is -2.12. The topological polar surface area (TPSA) is 31.9 Å². The highest BCUT2D eigenvalue weighted by atomic mass is 15.2. The van der Waals surface area contributed by atoms with Crippen LogP contribution in [-0.4, -0.2) is 17.0 Å². The van der Waals surface area contributed by atoms with Crippen molar-refractivity contribution in [2.45, 2.75) is 6.92 Å². The summed E-state index contributed by atoms with van der Waals surface area (Å²) in [5, 5.41) is 0. The number of rotatable bonds is 2. The number of hydrogen-bond acceptors (Lipinski definition) is 2. The summed E-state index contributed by atoms with van der Waals surface area (Å²) in [6, 6.07) is 16.4. The predicted octanol–water partition coefficient (Wildman–Crippen LogP) is 3.64. The van der Waals surface area contributed by atoms with Crippen LogP contribution in [0.2, 0.25) is 0 Å². The Morgan fingerprint density at radius 3 is 2.50 bits per heavy atom. The Bertz CT molecular complexity index is 652. The monoisotopic (exact) mass is 237 g/mol. The number of aromatic amines is 1. The number of anilines is 2. The fourth-order valence-corrected chi connectivity index (χ4v) is 2.15. The molecule has 3 aromatic rings. The zero-order valence-corrected chi connectivity index (χ0v) is 10.5. The van der Waals surface area contributed by atoms with Crippen molar-refractivity contribution in [3.63, 3.8) is 0 Å². The fraction of sp³-hybridized carbons (Fsp3) is 0.133. The Hall–Kier alpha value is -2.29. The lowest BCUT2D eigenvalue weighted by Gasteiger charge is -2.18. The number of benzene rings is 2. The van der Waals surface area contributed by atoms with Crippen molar-refractivity contribution in [1.29, 1.82) is 0 Å². The molecule has 0 fully saturated rings. The van der Waals surface area contributed by atoms with E-state index in [1.54, 1.807) is 0 Å². The molecule has 3 heteroatoms. The number of nitrogens with zero attached hydrogens (tertiary/aromatic N) is 2. The molecule has 0 amide bonds. The zero-order chi connectivity index (χ0) is 12.5. The molecule has 1 N–H and O–H groups in total. The van der Waals surface area contributed by atoms with E-state index in [9.17, 15) is 0 Å². The van der Waals surface area contributed by atoms with Crippen LogP contribution in [0.3, 0.4) is 0 Å². The van der Waals surface area contributed by atoms with Gasteiger partial charge in [-0.2, -0.15) is 0 Å². The molecule has 0 aliphatic heterocycles. The SMILES string of the molecule is Cc1ccccc1N(C)c1nc2ccccc2[nH]1. The van der Waals surface area contributed by atoms with Gasteiger partial charge in [0.1, 0.15) is 0 Å². The first-order valence-electron chi connectivity index (χ1n) is 6.00. The summed E-state index contributed by atoms with van der Waals surface area (Å²) < 4.78 is 0. The molecule has 18 heavy (non-hydrogen) atoms. The fourth-order valence-electron chi connectivity index (χ4n) is 2.15. The molecule has 3 rings (SSSR count). The van der Waals surface area contributed by atoms with Crippen molar-refractivity contribution in [2.75, 3.05) is 11.9 Å². The average molecular weight is 237 g/mol. The highest BCUT2D eigenvalue weighted by Gasteiger charge is 2.10. The van der Waals surface area contributed by atoms with Crippen LogP contribution >= 0.6 is 0 Å². The molecule has 1 heterocycles. The molecule has 1 aromatic heterocycles. The van der Waals surface area contributed by atoms with Gasteiger partial charge in [-0.05, 0) is 30.7 Å². The first kappa shape index (κ1) is 10.8. The first-order chi connectivity index (χ1) is 8.75. The van der Waals surface area contributed by atoms with Crippen molar-refractivity contribution >= 4 is 22.7 Å². The van der Waals surface area contributed by atoms with Crippen LogP contribution in [0.25, 0.3) is 11.0 Å². The summed E-state index contributed by atoms with van der Waals surface area (Å²) in [5.41, 5.74) is 4.46. The molecular weight excluding hydrogens is 222 g/mol. The lowest BCUT2D eigenvalue weighted by molar-refractivity contribution is 1.09. The minimum atomic E-state index is 0.866. The summed E-state index contributed by atoms with van der Waals surface area (Å²) >= 11 is 0. The molecule has 0 spiro atoms. The Kier molecular flexibility index (Phi) is 2.52. The van der Waals surface area contributed by atoms with Gasteiger partial charge in [-0.1, -0.05) is 30.3 Å². The molecule has 2 aromatic carbocycles. The number of nitrogens with one attached hydrogen (secondary N) is 1. The van der Waals surface area contributed by atoms with Crippen LogP contribution in [0.4, 0.5) is 11.6 Å². The molecular formula is C15H15N3. The highest BCUT2D eigenvalue weighted by Crippen LogP contribution is 2.25. The Morgan fingerprint density at radius 2 is 1.72 bits per heavy atom. The second-order valence-corrected chi connectivity index (χ2v) is 4.42. The summed E-state index contributed by atoms with van der Waals surface area (Å²) in [6.07, 6.45) is 0. The predicted molar refractivity (Wildman–Crippen MR) is 75.3 cm³/mol. The Balaban J connectivity index is 2.07. The first-order valence-corrected chi connectivity index (χ1v) is 6.00. The van der Waals surface area contributed by atoms with Crippen molar-refractivity contribution in [3.05, 3.63) is 54.1 Å². The number of hydrogen-bond donors (Lipinski definition) is 1. The van der Waals surface area contributed by atoms with Gasteiger partial charge in [-0.25, -0.2) is 4.98 Å². The molecule has 0 bridgehead atoms. The number of fused-ring (bicyclic) bond motifs is 1.